The number of rotatable bonds is 7. The molecule has 9 heteroatoms. The molecule has 0 aliphatic heterocycles. The zero-order valence-electron chi connectivity index (χ0n) is 9.74. The van der Waals surface area contributed by atoms with Crippen molar-refractivity contribution in [3.63, 3.8) is 0 Å². The molecular weight excluding hydrogens is 262 g/mol. The minimum atomic E-state index is -1.07. The number of thiazole rings is 1. The average Bonchev–Trinajstić information content (AvgIpc) is 2.58. The van der Waals surface area contributed by atoms with Gasteiger partial charge in [0.1, 0.15) is 6.04 Å². The van der Waals surface area contributed by atoms with Gasteiger partial charge in [-0.25, -0.2) is 4.98 Å². The van der Waals surface area contributed by atoms with Crippen LogP contribution in [-0.2, 0) is 22.5 Å². The van der Waals surface area contributed by atoms with Crippen molar-refractivity contribution < 1.29 is 25.2 Å². The Labute approximate surface area is 107 Å². The Morgan fingerprint density at radius 1 is 1.61 bits per heavy atom. The van der Waals surface area contributed by atoms with Crippen LogP contribution in [0.5, 0.6) is 0 Å². The molecule has 0 amide bonds. The van der Waals surface area contributed by atoms with Crippen molar-refractivity contribution >= 4 is 17.3 Å². The molecule has 0 bridgehead atoms. The lowest BCUT2D eigenvalue weighted by atomic mass is 10.2. The van der Waals surface area contributed by atoms with Crippen LogP contribution in [0.1, 0.15) is 15.6 Å². The maximum Gasteiger partial charge on any atom is 0.320 e. The summed E-state index contributed by atoms with van der Waals surface area (Å²) in [6.45, 7) is 1.87. The highest BCUT2D eigenvalue weighted by atomic mass is 32.1. The smallest absolute Gasteiger partial charge is 0.320 e. The fourth-order valence-corrected chi connectivity index (χ4v) is 2.41. The number of hydrogen-bond donors (Lipinski definition) is 4. The Morgan fingerprint density at radius 2 is 2.28 bits per heavy atom. The SMILES string of the molecule is Cc1nc(C[C@@H](N)C(=O)O)sc1CCON(O)O. The predicted octanol–water partition coefficient (Wildman–Crippen LogP) is -0.0396. The first-order valence-electron chi connectivity index (χ1n) is 5.14. The highest BCUT2D eigenvalue weighted by Crippen LogP contribution is 2.19. The summed E-state index contributed by atoms with van der Waals surface area (Å²) in [4.78, 5) is 20.2. The molecule has 1 aromatic rings. The molecule has 0 fully saturated rings. The van der Waals surface area contributed by atoms with Crippen LogP contribution in [-0.4, -0.2) is 44.5 Å². The van der Waals surface area contributed by atoms with Crippen LogP contribution in [0.15, 0.2) is 0 Å². The Bertz CT molecular complexity index is 409. The first-order valence-corrected chi connectivity index (χ1v) is 5.96. The third-order valence-electron chi connectivity index (χ3n) is 2.18. The van der Waals surface area contributed by atoms with Crippen LogP contribution in [0.3, 0.4) is 0 Å². The lowest BCUT2D eigenvalue weighted by molar-refractivity contribution is -0.492. The number of nitrogens with zero attached hydrogens (tertiary/aromatic N) is 2. The maximum atomic E-state index is 10.6. The van der Waals surface area contributed by atoms with E-state index in [1.165, 1.54) is 11.3 Å². The number of carbonyl (C=O) groups is 1. The summed E-state index contributed by atoms with van der Waals surface area (Å²) in [5.74, 6) is -1.07. The van der Waals surface area contributed by atoms with Crippen LogP contribution in [0, 0.1) is 6.92 Å². The molecule has 1 rings (SSSR count). The van der Waals surface area contributed by atoms with Gasteiger partial charge >= 0.3 is 5.97 Å². The van der Waals surface area contributed by atoms with Crippen molar-refractivity contribution in [1.82, 2.24) is 10.4 Å². The number of carboxylic acids is 1. The van der Waals surface area contributed by atoms with Crippen LogP contribution in [0.4, 0.5) is 0 Å². The Balaban J connectivity index is 2.56. The number of carboxylic acid groups (broad SMARTS) is 1. The summed E-state index contributed by atoms with van der Waals surface area (Å²) in [5, 5.41) is 25.7. The lowest BCUT2D eigenvalue weighted by Gasteiger charge is -2.04. The zero-order chi connectivity index (χ0) is 13.7. The van der Waals surface area contributed by atoms with E-state index < -0.39 is 12.0 Å². The molecule has 0 saturated heterocycles. The van der Waals surface area contributed by atoms with Gasteiger partial charge in [-0.05, 0) is 6.92 Å². The molecule has 102 valence electrons. The topological polar surface area (TPSA) is 129 Å². The molecule has 1 aromatic heterocycles. The van der Waals surface area contributed by atoms with E-state index in [4.69, 9.17) is 21.3 Å². The Morgan fingerprint density at radius 3 is 2.83 bits per heavy atom. The molecule has 0 saturated carbocycles. The summed E-state index contributed by atoms with van der Waals surface area (Å²) < 4.78 is 0. The van der Waals surface area contributed by atoms with Gasteiger partial charge in [0, 0.05) is 17.7 Å². The number of aromatic nitrogens is 1. The Kier molecular flexibility index (Phi) is 5.59. The van der Waals surface area contributed by atoms with Crippen molar-refractivity contribution in [3.8, 4) is 0 Å². The minimum Gasteiger partial charge on any atom is -0.480 e. The van der Waals surface area contributed by atoms with E-state index in [0.29, 0.717) is 11.4 Å². The molecule has 0 aliphatic rings. The summed E-state index contributed by atoms with van der Waals surface area (Å²) >= 11 is 1.34. The second-order valence-electron chi connectivity index (χ2n) is 3.60. The number of nitrogens with two attached hydrogens (primary N) is 1. The van der Waals surface area contributed by atoms with Crippen molar-refractivity contribution in [1.29, 1.82) is 0 Å². The van der Waals surface area contributed by atoms with Crippen LogP contribution in [0.2, 0.25) is 0 Å². The normalized spacial score (nSPS) is 12.9. The van der Waals surface area contributed by atoms with Gasteiger partial charge in [0.25, 0.3) is 0 Å². The fraction of sp³-hybridized carbons (Fsp3) is 0.556. The molecule has 0 radical (unpaired) electrons. The molecular formula is C9H15N3O5S. The van der Waals surface area contributed by atoms with Crippen molar-refractivity contribution in [2.24, 2.45) is 5.73 Å². The lowest BCUT2D eigenvalue weighted by Crippen LogP contribution is -2.32. The highest BCUT2D eigenvalue weighted by Gasteiger charge is 2.16. The van der Waals surface area contributed by atoms with E-state index in [-0.39, 0.29) is 18.4 Å². The summed E-state index contributed by atoms with van der Waals surface area (Å²) in [7, 11) is 0. The molecule has 8 nitrogen and oxygen atoms in total. The van der Waals surface area contributed by atoms with Gasteiger partial charge in [-0.2, -0.15) is 0 Å². The predicted molar refractivity (Wildman–Crippen MR) is 61.2 cm³/mol. The van der Waals surface area contributed by atoms with Crippen LogP contribution >= 0.6 is 11.3 Å². The fourth-order valence-electron chi connectivity index (χ4n) is 1.30. The van der Waals surface area contributed by atoms with E-state index >= 15 is 0 Å². The summed E-state index contributed by atoms with van der Waals surface area (Å²) in [5.41, 5.74) is 6.18. The molecule has 1 atom stereocenters. The standard InChI is InChI=1S/C9H15N3O5S/c1-5-7(2-3-17-12(15)16)18-8(11-5)4-6(10)9(13)14/h6,15-16H,2-4,10H2,1H3,(H,13,14)/t6-/m1/s1. The van der Waals surface area contributed by atoms with Gasteiger partial charge in [-0.15, -0.1) is 11.3 Å². The number of aryl methyl sites for hydroxylation is 1. The van der Waals surface area contributed by atoms with E-state index in [2.05, 4.69) is 9.82 Å². The molecule has 1 heterocycles. The van der Waals surface area contributed by atoms with Crippen LogP contribution in [0.25, 0.3) is 0 Å². The number of hydrogen-bond acceptors (Lipinski definition) is 8. The average molecular weight is 277 g/mol. The summed E-state index contributed by atoms with van der Waals surface area (Å²) in [6.07, 6.45) is 0.622. The molecule has 0 aliphatic carbocycles. The van der Waals surface area contributed by atoms with Crippen molar-refractivity contribution in [2.75, 3.05) is 6.61 Å². The maximum absolute atomic E-state index is 10.6. The van der Waals surface area contributed by atoms with E-state index in [0.717, 1.165) is 10.6 Å². The molecule has 0 unspecified atom stereocenters. The van der Waals surface area contributed by atoms with Crippen molar-refractivity contribution in [2.45, 2.75) is 25.8 Å². The molecule has 5 N–H and O–H groups in total. The Hall–Kier alpha value is -1.10. The third kappa shape index (κ3) is 4.64. The van der Waals surface area contributed by atoms with Gasteiger partial charge < -0.3 is 10.8 Å². The molecule has 0 spiro atoms. The number of aliphatic carboxylic acids is 1. The van der Waals surface area contributed by atoms with Gasteiger partial charge in [0.05, 0.1) is 22.7 Å². The van der Waals surface area contributed by atoms with Crippen LogP contribution < -0.4 is 5.73 Å². The van der Waals surface area contributed by atoms with Gasteiger partial charge in [0.2, 0.25) is 0 Å². The minimum absolute atomic E-state index is 0.0838. The van der Waals surface area contributed by atoms with E-state index in [9.17, 15) is 4.79 Å². The van der Waals surface area contributed by atoms with E-state index in [1.54, 1.807) is 6.92 Å². The zero-order valence-corrected chi connectivity index (χ0v) is 10.6. The highest BCUT2D eigenvalue weighted by molar-refractivity contribution is 7.11. The quantitative estimate of drug-likeness (QED) is 0.511. The second-order valence-corrected chi connectivity index (χ2v) is 4.77. The summed E-state index contributed by atoms with van der Waals surface area (Å²) in [6, 6.07) is -0.968. The molecule has 0 aromatic carbocycles. The van der Waals surface area contributed by atoms with Gasteiger partial charge in [0.15, 0.2) is 0 Å². The van der Waals surface area contributed by atoms with Gasteiger partial charge in [-0.1, -0.05) is 0 Å². The second kappa shape index (κ2) is 6.73. The third-order valence-corrected chi connectivity index (χ3v) is 3.42. The monoisotopic (exact) mass is 277 g/mol. The largest absolute Gasteiger partial charge is 0.480 e. The van der Waals surface area contributed by atoms with E-state index in [1.807, 2.05) is 0 Å². The van der Waals surface area contributed by atoms with Crippen molar-refractivity contribution in [3.05, 3.63) is 15.6 Å². The first kappa shape index (κ1) is 15.0. The first-order chi connectivity index (χ1) is 8.40. The molecule has 18 heavy (non-hydrogen) atoms. The van der Waals surface area contributed by atoms with Gasteiger partial charge in [-0.3, -0.25) is 20.0 Å².